The summed E-state index contributed by atoms with van der Waals surface area (Å²) in [5, 5.41) is 5.51. The van der Waals surface area contributed by atoms with Gasteiger partial charge in [0.1, 0.15) is 11.9 Å². The molecule has 3 amide bonds. The number of methoxy groups -OCH3 is 1. The Morgan fingerprint density at radius 2 is 1.81 bits per heavy atom. The highest BCUT2D eigenvalue weighted by Crippen LogP contribution is 2.29. The van der Waals surface area contributed by atoms with Crippen molar-refractivity contribution < 1.29 is 23.5 Å². The molecule has 0 bridgehead atoms. The minimum atomic E-state index is -0.798. The van der Waals surface area contributed by atoms with Gasteiger partial charge in [-0.3, -0.25) is 14.4 Å². The maximum Gasteiger partial charge on any atom is 0.254 e. The molecule has 1 atom stereocenters. The Bertz CT molecular complexity index is 774. The van der Waals surface area contributed by atoms with Gasteiger partial charge in [-0.1, -0.05) is 25.0 Å². The first-order chi connectivity index (χ1) is 15.0. The van der Waals surface area contributed by atoms with Crippen LogP contribution in [0.3, 0.4) is 0 Å². The molecule has 1 aliphatic carbocycles. The fourth-order valence-corrected chi connectivity index (χ4v) is 4.53. The average Bonchev–Trinajstić information content (AvgIpc) is 3.32. The van der Waals surface area contributed by atoms with Crippen LogP contribution in [0.15, 0.2) is 24.3 Å². The fraction of sp³-hybridized carbons (Fsp3) is 0.609. The van der Waals surface area contributed by atoms with Crippen LogP contribution in [-0.2, 0) is 14.3 Å². The molecule has 3 rings (SSSR count). The molecule has 2 aliphatic rings. The summed E-state index contributed by atoms with van der Waals surface area (Å²) in [7, 11) is 1.54. The zero-order valence-electron chi connectivity index (χ0n) is 18.1. The lowest BCUT2D eigenvalue weighted by atomic mass is 9.87. The quantitative estimate of drug-likeness (QED) is 0.615. The zero-order valence-corrected chi connectivity index (χ0v) is 18.1. The lowest BCUT2D eigenvalue weighted by molar-refractivity contribution is -0.137. The van der Waals surface area contributed by atoms with Crippen molar-refractivity contribution in [1.82, 2.24) is 15.5 Å². The smallest absolute Gasteiger partial charge is 0.254 e. The van der Waals surface area contributed by atoms with E-state index in [1.54, 1.807) is 13.2 Å². The Labute approximate surface area is 182 Å². The van der Waals surface area contributed by atoms with Gasteiger partial charge in [-0.05, 0) is 43.7 Å². The summed E-state index contributed by atoms with van der Waals surface area (Å²) in [6.45, 7) is 1.81. The summed E-state index contributed by atoms with van der Waals surface area (Å²) >= 11 is 0. The molecule has 8 heteroatoms. The van der Waals surface area contributed by atoms with E-state index < -0.39 is 17.8 Å². The van der Waals surface area contributed by atoms with Crippen molar-refractivity contribution in [2.45, 2.75) is 44.6 Å². The maximum atomic E-state index is 14.0. The second-order valence-electron chi connectivity index (χ2n) is 8.36. The van der Waals surface area contributed by atoms with E-state index in [1.807, 2.05) is 4.90 Å². The summed E-state index contributed by atoms with van der Waals surface area (Å²) in [4.78, 5) is 40.1. The van der Waals surface area contributed by atoms with E-state index in [4.69, 9.17) is 4.74 Å². The van der Waals surface area contributed by atoms with Crippen LogP contribution in [0, 0.1) is 17.7 Å². The molecule has 7 nitrogen and oxygen atoms in total. The third-order valence-corrected chi connectivity index (χ3v) is 6.32. The summed E-state index contributed by atoms with van der Waals surface area (Å²) in [6, 6.07) is 4.91. The first kappa shape index (κ1) is 23.2. The van der Waals surface area contributed by atoms with E-state index in [1.165, 1.54) is 18.2 Å². The second-order valence-corrected chi connectivity index (χ2v) is 8.36. The molecular formula is C23H32FN3O4. The van der Waals surface area contributed by atoms with Crippen LogP contribution in [0.5, 0.6) is 0 Å². The molecule has 31 heavy (non-hydrogen) atoms. The molecule has 1 aromatic carbocycles. The van der Waals surface area contributed by atoms with Crippen LogP contribution < -0.4 is 10.6 Å². The van der Waals surface area contributed by atoms with Crippen molar-refractivity contribution in [3.05, 3.63) is 35.6 Å². The van der Waals surface area contributed by atoms with Crippen LogP contribution in [0.4, 0.5) is 4.39 Å². The van der Waals surface area contributed by atoms with Gasteiger partial charge in [0.2, 0.25) is 11.8 Å². The highest BCUT2D eigenvalue weighted by Gasteiger charge is 2.36. The number of nitrogens with zero attached hydrogens (tertiary/aromatic N) is 1. The molecule has 0 aromatic heterocycles. The van der Waals surface area contributed by atoms with Crippen LogP contribution >= 0.6 is 0 Å². The average molecular weight is 434 g/mol. The molecule has 1 saturated heterocycles. The third kappa shape index (κ3) is 6.03. The van der Waals surface area contributed by atoms with E-state index in [9.17, 15) is 18.8 Å². The maximum absolute atomic E-state index is 14.0. The van der Waals surface area contributed by atoms with E-state index in [0.717, 1.165) is 25.7 Å². The minimum Gasteiger partial charge on any atom is -0.383 e. The monoisotopic (exact) mass is 433 g/mol. The molecule has 0 radical (unpaired) electrons. The number of ether oxygens (including phenoxy) is 1. The number of amides is 3. The van der Waals surface area contributed by atoms with E-state index in [0.29, 0.717) is 39.1 Å². The number of carbonyl (C=O) groups excluding carboxylic acids is 3. The number of hydrogen-bond donors (Lipinski definition) is 2. The number of benzene rings is 1. The van der Waals surface area contributed by atoms with E-state index in [2.05, 4.69) is 10.6 Å². The molecule has 1 saturated carbocycles. The standard InChI is InChI=1S/C23H32FN3O4/c1-31-15-12-25-22(29)20(26-21(28)18-8-4-5-9-19(18)24)16-10-13-27(14-11-16)23(30)17-6-2-3-7-17/h4-5,8-9,16-17,20H,2-3,6-7,10-15H2,1H3,(H,25,29)(H,26,28). The molecule has 2 N–H and O–H groups in total. The van der Waals surface area contributed by atoms with E-state index >= 15 is 0 Å². The number of likely N-dealkylation sites (tertiary alicyclic amines) is 1. The number of piperidine rings is 1. The van der Waals surface area contributed by atoms with Gasteiger partial charge in [-0.15, -0.1) is 0 Å². The number of hydrogen-bond acceptors (Lipinski definition) is 4. The number of rotatable bonds is 8. The summed E-state index contributed by atoms with van der Waals surface area (Å²) in [6.07, 6.45) is 5.36. The minimum absolute atomic E-state index is 0.0916. The Balaban J connectivity index is 1.65. The van der Waals surface area contributed by atoms with Gasteiger partial charge in [0.25, 0.3) is 5.91 Å². The van der Waals surface area contributed by atoms with Crippen LogP contribution in [-0.4, -0.2) is 62.0 Å². The van der Waals surface area contributed by atoms with Crippen LogP contribution in [0.25, 0.3) is 0 Å². The largest absolute Gasteiger partial charge is 0.383 e. The van der Waals surface area contributed by atoms with Crippen molar-refractivity contribution in [3.8, 4) is 0 Å². The number of halogens is 1. The predicted octanol–water partition coefficient (Wildman–Crippen LogP) is 2.12. The van der Waals surface area contributed by atoms with Crippen molar-refractivity contribution in [2.75, 3.05) is 33.4 Å². The SMILES string of the molecule is COCCNC(=O)C(NC(=O)c1ccccc1F)C1CCN(C(=O)C2CCCC2)CC1. The van der Waals surface area contributed by atoms with Crippen molar-refractivity contribution in [1.29, 1.82) is 0 Å². The number of nitrogens with one attached hydrogen (secondary N) is 2. The highest BCUT2D eigenvalue weighted by atomic mass is 19.1. The predicted molar refractivity (Wildman–Crippen MR) is 114 cm³/mol. The van der Waals surface area contributed by atoms with Gasteiger partial charge in [-0.25, -0.2) is 4.39 Å². The topological polar surface area (TPSA) is 87.7 Å². The molecular weight excluding hydrogens is 401 g/mol. The molecule has 1 aliphatic heterocycles. The molecule has 1 unspecified atom stereocenters. The third-order valence-electron chi connectivity index (χ3n) is 6.32. The first-order valence-corrected chi connectivity index (χ1v) is 11.1. The Morgan fingerprint density at radius 1 is 1.13 bits per heavy atom. The normalized spacial score (nSPS) is 18.6. The van der Waals surface area contributed by atoms with Gasteiger partial charge >= 0.3 is 0 Å². The zero-order chi connectivity index (χ0) is 22.2. The molecule has 0 spiro atoms. The van der Waals surface area contributed by atoms with Crippen LogP contribution in [0.2, 0.25) is 0 Å². The van der Waals surface area contributed by atoms with Crippen molar-refractivity contribution in [3.63, 3.8) is 0 Å². The fourth-order valence-electron chi connectivity index (χ4n) is 4.53. The van der Waals surface area contributed by atoms with Gasteiger partial charge in [0, 0.05) is 32.7 Å². The van der Waals surface area contributed by atoms with Crippen molar-refractivity contribution in [2.24, 2.45) is 11.8 Å². The Kier molecular flexibility index (Phi) is 8.40. The van der Waals surface area contributed by atoms with E-state index in [-0.39, 0.29) is 29.2 Å². The molecule has 1 heterocycles. The molecule has 1 aromatic rings. The first-order valence-electron chi connectivity index (χ1n) is 11.1. The Morgan fingerprint density at radius 3 is 2.45 bits per heavy atom. The number of carbonyl (C=O) groups is 3. The summed E-state index contributed by atoms with van der Waals surface area (Å²) in [5.74, 6) is -1.35. The lowest BCUT2D eigenvalue weighted by Crippen LogP contribution is -2.54. The highest BCUT2D eigenvalue weighted by molar-refractivity contribution is 5.97. The van der Waals surface area contributed by atoms with Gasteiger partial charge in [0.05, 0.1) is 12.2 Å². The van der Waals surface area contributed by atoms with Gasteiger partial charge in [-0.2, -0.15) is 0 Å². The molecule has 2 fully saturated rings. The Hall–Kier alpha value is -2.48. The lowest BCUT2D eigenvalue weighted by Gasteiger charge is -2.36. The second kappa shape index (κ2) is 11.2. The van der Waals surface area contributed by atoms with Gasteiger partial charge < -0.3 is 20.3 Å². The summed E-state index contributed by atoms with van der Waals surface area (Å²) in [5.41, 5.74) is -0.0916. The van der Waals surface area contributed by atoms with Gasteiger partial charge in [0.15, 0.2) is 0 Å². The summed E-state index contributed by atoms with van der Waals surface area (Å²) < 4.78 is 19.0. The molecule has 170 valence electrons. The van der Waals surface area contributed by atoms with Crippen molar-refractivity contribution >= 4 is 17.7 Å². The van der Waals surface area contributed by atoms with Crippen LogP contribution in [0.1, 0.15) is 48.9 Å².